The summed E-state index contributed by atoms with van der Waals surface area (Å²) in [6, 6.07) is 5.90. The predicted octanol–water partition coefficient (Wildman–Crippen LogP) is 2.41. The standard InChI is InChI=1S/C16H26N2O3/c1-4-20-8-5-6-17-16(19)18-7-9-21-15-11-13(2)10-14(3)12-15/h10-12H,4-9H2,1-3H3,(H2,17,18,19). The summed E-state index contributed by atoms with van der Waals surface area (Å²) in [5.74, 6) is 0.839. The van der Waals surface area contributed by atoms with Gasteiger partial charge in [-0.1, -0.05) is 6.07 Å². The van der Waals surface area contributed by atoms with Crippen molar-refractivity contribution in [3.8, 4) is 5.75 Å². The molecule has 1 aromatic carbocycles. The van der Waals surface area contributed by atoms with Crippen LogP contribution in [0.1, 0.15) is 24.5 Å². The van der Waals surface area contributed by atoms with Gasteiger partial charge in [-0.15, -0.1) is 0 Å². The van der Waals surface area contributed by atoms with E-state index in [0.29, 0.717) is 32.9 Å². The molecule has 0 spiro atoms. The molecule has 0 atom stereocenters. The quantitative estimate of drug-likeness (QED) is 0.688. The lowest BCUT2D eigenvalue weighted by atomic mass is 10.1. The molecule has 2 N–H and O–H groups in total. The Bertz CT molecular complexity index is 415. The van der Waals surface area contributed by atoms with E-state index in [0.717, 1.165) is 12.2 Å². The Morgan fingerprint density at radius 2 is 1.71 bits per heavy atom. The van der Waals surface area contributed by atoms with Gasteiger partial charge in [-0.3, -0.25) is 0 Å². The van der Waals surface area contributed by atoms with Crippen LogP contribution in [0.15, 0.2) is 18.2 Å². The van der Waals surface area contributed by atoms with E-state index >= 15 is 0 Å². The topological polar surface area (TPSA) is 59.6 Å². The average molecular weight is 294 g/mol. The van der Waals surface area contributed by atoms with Crippen molar-refractivity contribution in [3.05, 3.63) is 29.3 Å². The maximum atomic E-state index is 11.5. The molecular formula is C16H26N2O3. The fraction of sp³-hybridized carbons (Fsp3) is 0.562. The molecule has 0 aliphatic rings. The van der Waals surface area contributed by atoms with Gasteiger partial charge in [0.25, 0.3) is 0 Å². The lowest BCUT2D eigenvalue weighted by Crippen LogP contribution is -2.38. The third-order valence-electron chi connectivity index (χ3n) is 2.81. The van der Waals surface area contributed by atoms with Gasteiger partial charge in [-0.25, -0.2) is 4.79 Å². The molecule has 21 heavy (non-hydrogen) atoms. The van der Waals surface area contributed by atoms with Crippen molar-refractivity contribution in [1.29, 1.82) is 0 Å². The number of benzene rings is 1. The smallest absolute Gasteiger partial charge is 0.314 e. The van der Waals surface area contributed by atoms with Gasteiger partial charge < -0.3 is 20.1 Å². The van der Waals surface area contributed by atoms with E-state index in [-0.39, 0.29) is 6.03 Å². The maximum Gasteiger partial charge on any atom is 0.314 e. The number of carbonyl (C=O) groups is 1. The van der Waals surface area contributed by atoms with E-state index in [4.69, 9.17) is 9.47 Å². The zero-order chi connectivity index (χ0) is 15.5. The van der Waals surface area contributed by atoms with Gasteiger partial charge in [0.1, 0.15) is 12.4 Å². The molecule has 0 bridgehead atoms. The minimum Gasteiger partial charge on any atom is -0.492 e. The third-order valence-corrected chi connectivity index (χ3v) is 2.81. The number of aryl methyl sites for hydroxylation is 2. The minimum absolute atomic E-state index is 0.171. The summed E-state index contributed by atoms with van der Waals surface area (Å²) in [4.78, 5) is 11.5. The van der Waals surface area contributed by atoms with Crippen LogP contribution in [0.2, 0.25) is 0 Å². The Hall–Kier alpha value is -1.75. The lowest BCUT2D eigenvalue weighted by molar-refractivity contribution is 0.145. The highest BCUT2D eigenvalue weighted by Gasteiger charge is 2.00. The summed E-state index contributed by atoms with van der Waals surface area (Å²) in [5, 5.41) is 5.53. The third kappa shape index (κ3) is 8.19. The van der Waals surface area contributed by atoms with Crippen molar-refractivity contribution < 1.29 is 14.3 Å². The summed E-state index contributed by atoms with van der Waals surface area (Å²) in [7, 11) is 0. The molecule has 0 aromatic heterocycles. The number of ether oxygens (including phenoxy) is 2. The summed E-state index contributed by atoms with van der Waals surface area (Å²) in [5.41, 5.74) is 2.34. The van der Waals surface area contributed by atoms with Crippen molar-refractivity contribution in [2.24, 2.45) is 0 Å². The Balaban J connectivity index is 2.09. The zero-order valence-corrected chi connectivity index (χ0v) is 13.2. The summed E-state index contributed by atoms with van der Waals surface area (Å²) in [6.45, 7) is 8.95. The summed E-state index contributed by atoms with van der Waals surface area (Å²) in [6.07, 6.45) is 0.820. The van der Waals surface area contributed by atoms with Crippen LogP contribution >= 0.6 is 0 Å². The normalized spacial score (nSPS) is 10.2. The Morgan fingerprint density at radius 3 is 2.38 bits per heavy atom. The molecule has 0 aliphatic carbocycles. The second kappa shape index (κ2) is 10.0. The minimum atomic E-state index is -0.171. The van der Waals surface area contributed by atoms with Crippen LogP contribution in [-0.4, -0.2) is 38.9 Å². The predicted molar refractivity (Wildman–Crippen MR) is 83.9 cm³/mol. The average Bonchev–Trinajstić information content (AvgIpc) is 2.42. The van der Waals surface area contributed by atoms with Gasteiger partial charge >= 0.3 is 6.03 Å². The first-order valence-electron chi connectivity index (χ1n) is 7.42. The monoisotopic (exact) mass is 294 g/mol. The Labute approximate surface area is 127 Å². The molecule has 1 aromatic rings. The Morgan fingerprint density at radius 1 is 1.05 bits per heavy atom. The highest BCUT2D eigenvalue weighted by molar-refractivity contribution is 5.73. The molecule has 0 aliphatic heterocycles. The fourth-order valence-electron chi connectivity index (χ4n) is 1.93. The number of carbonyl (C=O) groups excluding carboxylic acids is 1. The van der Waals surface area contributed by atoms with E-state index in [9.17, 15) is 4.79 Å². The molecule has 118 valence electrons. The first-order chi connectivity index (χ1) is 10.1. The molecule has 0 heterocycles. The highest BCUT2D eigenvalue weighted by Crippen LogP contribution is 2.15. The van der Waals surface area contributed by atoms with Crippen LogP contribution in [0, 0.1) is 13.8 Å². The van der Waals surface area contributed by atoms with Gasteiger partial charge in [-0.05, 0) is 50.5 Å². The van der Waals surface area contributed by atoms with Crippen molar-refractivity contribution >= 4 is 6.03 Å². The molecule has 0 radical (unpaired) electrons. The first-order valence-corrected chi connectivity index (χ1v) is 7.42. The SMILES string of the molecule is CCOCCCNC(=O)NCCOc1cc(C)cc(C)c1. The molecule has 1 rings (SSSR count). The number of rotatable bonds is 9. The molecule has 5 nitrogen and oxygen atoms in total. The van der Waals surface area contributed by atoms with Crippen LogP contribution in [-0.2, 0) is 4.74 Å². The van der Waals surface area contributed by atoms with Crippen LogP contribution < -0.4 is 15.4 Å². The van der Waals surface area contributed by atoms with E-state index in [2.05, 4.69) is 16.7 Å². The van der Waals surface area contributed by atoms with E-state index < -0.39 is 0 Å². The highest BCUT2D eigenvalue weighted by atomic mass is 16.5. The van der Waals surface area contributed by atoms with Crippen LogP contribution in [0.3, 0.4) is 0 Å². The molecule has 2 amide bonds. The summed E-state index contributed by atoms with van der Waals surface area (Å²) < 4.78 is 10.8. The van der Waals surface area contributed by atoms with Crippen LogP contribution in [0.4, 0.5) is 4.79 Å². The van der Waals surface area contributed by atoms with E-state index in [1.165, 1.54) is 11.1 Å². The number of hydrogen-bond acceptors (Lipinski definition) is 3. The van der Waals surface area contributed by atoms with Gasteiger partial charge in [-0.2, -0.15) is 0 Å². The van der Waals surface area contributed by atoms with Crippen molar-refractivity contribution in [2.45, 2.75) is 27.2 Å². The van der Waals surface area contributed by atoms with E-state index in [1.54, 1.807) is 0 Å². The molecule has 0 saturated carbocycles. The van der Waals surface area contributed by atoms with Crippen molar-refractivity contribution in [1.82, 2.24) is 10.6 Å². The zero-order valence-electron chi connectivity index (χ0n) is 13.2. The van der Waals surface area contributed by atoms with Gasteiger partial charge in [0.15, 0.2) is 0 Å². The number of urea groups is 1. The van der Waals surface area contributed by atoms with Gasteiger partial charge in [0.05, 0.1) is 6.54 Å². The molecule has 0 saturated heterocycles. The lowest BCUT2D eigenvalue weighted by Gasteiger charge is -2.10. The maximum absolute atomic E-state index is 11.5. The fourth-order valence-corrected chi connectivity index (χ4v) is 1.93. The number of nitrogens with one attached hydrogen (secondary N) is 2. The number of hydrogen-bond donors (Lipinski definition) is 2. The second-order valence-corrected chi connectivity index (χ2v) is 4.91. The molecule has 5 heteroatoms. The van der Waals surface area contributed by atoms with Crippen LogP contribution in [0.25, 0.3) is 0 Å². The first kappa shape index (κ1) is 17.3. The molecule has 0 unspecified atom stereocenters. The van der Waals surface area contributed by atoms with Gasteiger partial charge in [0, 0.05) is 19.8 Å². The molecular weight excluding hydrogens is 268 g/mol. The van der Waals surface area contributed by atoms with Gasteiger partial charge in [0.2, 0.25) is 0 Å². The summed E-state index contributed by atoms with van der Waals surface area (Å²) >= 11 is 0. The van der Waals surface area contributed by atoms with Crippen molar-refractivity contribution in [3.63, 3.8) is 0 Å². The number of amides is 2. The van der Waals surface area contributed by atoms with Crippen molar-refractivity contribution in [2.75, 3.05) is 32.9 Å². The van der Waals surface area contributed by atoms with Crippen LogP contribution in [0.5, 0.6) is 5.75 Å². The Kier molecular flexibility index (Phi) is 8.28. The largest absolute Gasteiger partial charge is 0.492 e. The van der Waals surface area contributed by atoms with E-state index in [1.807, 2.05) is 32.9 Å². The second-order valence-electron chi connectivity index (χ2n) is 4.91. The molecule has 0 fully saturated rings.